The van der Waals surface area contributed by atoms with Crippen LogP contribution < -0.4 is 0 Å². The lowest BCUT2D eigenvalue weighted by Crippen LogP contribution is -2.06. The molecular weight excluding hydrogens is 319 g/mol. The Kier molecular flexibility index (Phi) is 4.71. The molecule has 0 amide bonds. The molecule has 0 N–H and O–H groups in total. The molecule has 104 valence electrons. The second-order valence-corrected chi connectivity index (χ2v) is 6.04. The smallest absolute Gasteiger partial charge is 0.170 e. The van der Waals surface area contributed by atoms with E-state index in [2.05, 4.69) is 29.8 Å². The summed E-state index contributed by atoms with van der Waals surface area (Å²) in [6.07, 6.45) is 0.214. The Hall–Kier alpha value is -1.48. The number of rotatable bonds is 4. The monoisotopic (exact) mass is 334 g/mol. The molecule has 2 rings (SSSR count). The van der Waals surface area contributed by atoms with Crippen molar-refractivity contribution in [3.8, 4) is 0 Å². The van der Waals surface area contributed by atoms with Crippen molar-refractivity contribution in [2.24, 2.45) is 0 Å². The lowest BCUT2D eigenvalue weighted by molar-refractivity contribution is 0.0989. The average Bonchev–Trinajstić information content (AvgIpc) is 2.42. The fourth-order valence-electron chi connectivity index (χ4n) is 2.01. The topological polar surface area (TPSA) is 17.1 Å². The lowest BCUT2D eigenvalue weighted by atomic mass is 9.98. The first-order valence-corrected chi connectivity index (χ1v) is 7.33. The molecule has 0 aliphatic rings. The molecular formula is C17H16BrFO. The highest BCUT2D eigenvalue weighted by molar-refractivity contribution is 9.10. The number of Topliss-reactive ketones (excluding diaryl/α,β-unsaturated/α-hetero) is 1. The first kappa shape index (κ1) is 14.9. The minimum atomic E-state index is -0.475. The van der Waals surface area contributed by atoms with E-state index in [0.29, 0.717) is 10.4 Å². The highest BCUT2D eigenvalue weighted by Crippen LogP contribution is 2.19. The molecule has 0 heterocycles. The number of hydrogen-bond acceptors (Lipinski definition) is 1. The Balaban J connectivity index is 2.17. The zero-order valence-corrected chi connectivity index (χ0v) is 13.1. The van der Waals surface area contributed by atoms with Crippen LogP contribution >= 0.6 is 15.9 Å². The van der Waals surface area contributed by atoms with E-state index in [4.69, 9.17) is 0 Å². The van der Waals surface area contributed by atoms with E-state index in [9.17, 15) is 9.18 Å². The highest BCUT2D eigenvalue weighted by Gasteiger charge is 2.13. The molecule has 0 fully saturated rings. The van der Waals surface area contributed by atoms with Crippen LogP contribution in [0, 0.1) is 5.82 Å². The van der Waals surface area contributed by atoms with E-state index in [1.165, 1.54) is 17.7 Å². The Morgan fingerprint density at radius 3 is 2.40 bits per heavy atom. The van der Waals surface area contributed by atoms with Gasteiger partial charge in [0.15, 0.2) is 5.78 Å². The fraction of sp³-hybridized carbons (Fsp3) is 0.235. The maximum Gasteiger partial charge on any atom is 0.170 e. The SMILES string of the molecule is CC(C)c1ccc(CC(=O)c2cc(Br)ccc2F)cc1. The second-order valence-electron chi connectivity index (χ2n) is 5.12. The molecule has 0 aliphatic carbocycles. The molecule has 1 nitrogen and oxygen atoms in total. The molecule has 0 spiro atoms. The van der Waals surface area contributed by atoms with Crippen molar-refractivity contribution in [2.75, 3.05) is 0 Å². The van der Waals surface area contributed by atoms with Crippen molar-refractivity contribution in [3.63, 3.8) is 0 Å². The molecule has 0 aromatic heterocycles. The van der Waals surface area contributed by atoms with Crippen LogP contribution in [-0.2, 0) is 6.42 Å². The molecule has 0 aliphatic heterocycles. The van der Waals surface area contributed by atoms with E-state index in [1.54, 1.807) is 6.07 Å². The third kappa shape index (κ3) is 3.54. The predicted octanol–water partition coefficient (Wildman–Crippen LogP) is 5.14. The zero-order valence-electron chi connectivity index (χ0n) is 11.5. The summed E-state index contributed by atoms with van der Waals surface area (Å²) in [6.45, 7) is 4.24. The van der Waals surface area contributed by atoms with Gasteiger partial charge in [0.05, 0.1) is 5.56 Å². The number of carbonyl (C=O) groups is 1. The van der Waals surface area contributed by atoms with Crippen molar-refractivity contribution in [1.29, 1.82) is 0 Å². The zero-order chi connectivity index (χ0) is 14.7. The van der Waals surface area contributed by atoms with Gasteiger partial charge in [-0.15, -0.1) is 0 Å². The van der Waals surface area contributed by atoms with Crippen LogP contribution in [0.1, 0.15) is 41.3 Å². The number of carbonyl (C=O) groups excluding carboxylic acids is 1. The van der Waals surface area contributed by atoms with Crippen LogP contribution in [0.25, 0.3) is 0 Å². The molecule has 0 atom stereocenters. The molecule has 2 aromatic carbocycles. The molecule has 0 bridgehead atoms. The normalized spacial score (nSPS) is 10.8. The molecule has 0 unspecified atom stereocenters. The van der Waals surface area contributed by atoms with Gasteiger partial charge in [-0.3, -0.25) is 4.79 Å². The van der Waals surface area contributed by atoms with E-state index in [-0.39, 0.29) is 17.8 Å². The van der Waals surface area contributed by atoms with Crippen molar-refractivity contribution >= 4 is 21.7 Å². The maximum atomic E-state index is 13.7. The third-order valence-corrected chi connectivity index (χ3v) is 3.73. The van der Waals surface area contributed by atoms with Gasteiger partial charge < -0.3 is 0 Å². The van der Waals surface area contributed by atoms with Gasteiger partial charge in [-0.05, 0) is 35.2 Å². The molecule has 3 heteroatoms. The Morgan fingerprint density at radius 1 is 1.15 bits per heavy atom. The van der Waals surface area contributed by atoms with Gasteiger partial charge in [0.1, 0.15) is 5.82 Å². The largest absolute Gasteiger partial charge is 0.294 e. The summed E-state index contributed by atoms with van der Waals surface area (Å²) in [5, 5.41) is 0. The lowest BCUT2D eigenvalue weighted by Gasteiger charge is -2.07. The standard InChI is InChI=1S/C17H16BrFO/c1-11(2)13-5-3-12(4-6-13)9-17(20)15-10-14(18)7-8-16(15)19/h3-8,10-11H,9H2,1-2H3. The van der Waals surface area contributed by atoms with Crippen LogP contribution in [0.4, 0.5) is 4.39 Å². The van der Waals surface area contributed by atoms with Crippen LogP contribution in [0.3, 0.4) is 0 Å². The van der Waals surface area contributed by atoms with Gasteiger partial charge >= 0.3 is 0 Å². The van der Waals surface area contributed by atoms with E-state index in [1.807, 2.05) is 24.3 Å². The van der Waals surface area contributed by atoms with E-state index in [0.717, 1.165) is 5.56 Å². The minimum Gasteiger partial charge on any atom is -0.294 e. The van der Waals surface area contributed by atoms with Gasteiger partial charge in [-0.1, -0.05) is 54.0 Å². The number of halogens is 2. The number of hydrogen-bond donors (Lipinski definition) is 0. The van der Waals surface area contributed by atoms with Crippen LogP contribution in [-0.4, -0.2) is 5.78 Å². The summed E-state index contributed by atoms with van der Waals surface area (Å²) in [5.41, 5.74) is 2.26. The molecule has 0 saturated heterocycles. The average molecular weight is 335 g/mol. The summed E-state index contributed by atoms with van der Waals surface area (Å²) in [5.74, 6) is -0.222. The maximum absolute atomic E-state index is 13.7. The first-order chi connectivity index (χ1) is 9.47. The van der Waals surface area contributed by atoms with Crippen LogP contribution in [0.2, 0.25) is 0 Å². The quantitative estimate of drug-likeness (QED) is 0.707. The third-order valence-electron chi connectivity index (χ3n) is 3.24. The van der Waals surface area contributed by atoms with Crippen molar-refractivity contribution in [1.82, 2.24) is 0 Å². The van der Waals surface area contributed by atoms with Gasteiger partial charge in [-0.25, -0.2) is 4.39 Å². The Morgan fingerprint density at radius 2 is 1.80 bits per heavy atom. The Bertz CT molecular complexity index is 617. The van der Waals surface area contributed by atoms with Gasteiger partial charge in [0.25, 0.3) is 0 Å². The van der Waals surface area contributed by atoms with Crippen LogP contribution in [0.15, 0.2) is 46.9 Å². The van der Waals surface area contributed by atoms with Crippen molar-refractivity contribution in [2.45, 2.75) is 26.2 Å². The van der Waals surface area contributed by atoms with Gasteiger partial charge in [0, 0.05) is 10.9 Å². The first-order valence-electron chi connectivity index (χ1n) is 6.54. The van der Waals surface area contributed by atoms with Crippen LogP contribution in [0.5, 0.6) is 0 Å². The minimum absolute atomic E-state index is 0.132. The van der Waals surface area contributed by atoms with Crippen molar-refractivity contribution < 1.29 is 9.18 Å². The van der Waals surface area contributed by atoms with E-state index < -0.39 is 5.82 Å². The molecule has 20 heavy (non-hydrogen) atoms. The highest BCUT2D eigenvalue weighted by atomic mass is 79.9. The summed E-state index contributed by atoms with van der Waals surface area (Å²) in [7, 11) is 0. The predicted molar refractivity (Wildman–Crippen MR) is 82.7 cm³/mol. The Labute approximate surface area is 127 Å². The molecule has 0 saturated carbocycles. The van der Waals surface area contributed by atoms with Crippen molar-refractivity contribution in [3.05, 3.63) is 69.4 Å². The number of benzene rings is 2. The number of ketones is 1. The summed E-state index contributed by atoms with van der Waals surface area (Å²) in [4.78, 5) is 12.1. The molecule has 0 radical (unpaired) electrons. The van der Waals surface area contributed by atoms with Gasteiger partial charge in [-0.2, -0.15) is 0 Å². The van der Waals surface area contributed by atoms with Gasteiger partial charge in [0.2, 0.25) is 0 Å². The summed E-state index contributed by atoms with van der Waals surface area (Å²) >= 11 is 3.26. The molecule has 2 aromatic rings. The summed E-state index contributed by atoms with van der Waals surface area (Å²) < 4.78 is 14.4. The van der Waals surface area contributed by atoms with E-state index >= 15 is 0 Å². The fourth-order valence-corrected chi connectivity index (χ4v) is 2.37. The summed E-state index contributed by atoms with van der Waals surface area (Å²) in [6, 6.07) is 12.3. The second kappa shape index (κ2) is 6.31.